The summed E-state index contributed by atoms with van der Waals surface area (Å²) in [6.45, 7) is 2.76. The molecular weight excluding hydrogens is 192 g/mol. The second-order valence-electron chi connectivity index (χ2n) is 3.29. The summed E-state index contributed by atoms with van der Waals surface area (Å²) in [5.41, 5.74) is 0. The van der Waals surface area contributed by atoms with Gasteiger partial charge in [0, 0.05) is 0 Å². The van der Waals surface area contributed by atoms with E-state index in [1.165, 1.54) is 6.92 Å². The Morgan fingerprint density at radius 3 is 1.85 bits per heavy atom. The lowest BCUT2D eigenvalue weighted by atomic mass is 10.2. The molecule has 3 atom stereocenters. The van der Waals surface area contributed by atoms with Gasteiger partial charge in [0.25, 0.3) is 5.79 Å². The van der Waals surface area contributed by atoms with Crippen molar-refractivity contribution < 1.29 is 27.0 Å². The highest BCUT2D eigenvalue weighted by Gasteiger charge is 2.64. The van der Waals surface area contributed by atoms with Gasteiger partial charge in [-0.1, -0.05) is 0 Å². The molecule has 1 aliphatic heterocycles. The summed E-state index contributed by atoms with van der Waals surface area (Å²) in [4.78, 5) is 0. The van der Waals surface area contributed by atoms with E-state index >= 15 is 0 Å². The van der Waals surface area contributed by atoms with Crippen LogP contribution in [-0.4, -0.2) is 23.9 Å². The molecule has 0 aromatic carbocycles. The lowest BCUT2D eigenvalue weighted by Gasteiger charge is -2.25. The SMILES string of the molecule is CC1OC(C)(C(F)(F)F)OC1(C)F. The Morgan fingerprint density at radius 1 is 1.23 bits per heavy atom. The number of hydrogen-bond acceptors (Lipinski definition) is 2. The molecule has 0 spiro atoms. The number of hydrogen-bond donors (Lipinski definition) is 0. The molecule has 0 aromatic heterocycles. The topological polar surface area (TPSA) is 18.5 Å². The molecule has 0 radical (unpaired) electrons. The van der Waals surface area contributed by atoms with Crippen molar-refractivity contribution in [1.82, 2.24) is 0 Å². The Bertz CT molecular complexity index is 210. The van der Waals surface area contributed by atoms with Crippen LogP contribution in [0.25, 0.3) is 0 Å². The van der Waals surface area contributed by atoms with Gasteiger partial charge in [-0.2, -0.15) is 13.2 Å². The molecule has 0 amide bonds. The predicted molar refractivity (Wildman–Crippen MR) is 35.6 cm³/mol. The number of alkyl halides is 4. The summed E-state index contributed by atoms with van der Waals surface area (Å²) in [5.74, 6) is -5.24. The van der Waals surface area contributed by atoms with Crippen molar-refractivity contribution in [1.29, 1.82) is 0 Å². The Balaban J connectivity index is 2.89. The average molecular weight is 202 g/mol. The van der Waals surface area contributed by atoms with Crippen LogP contribution < -0.4 is 0 Å². The first-order valence-corrected chi connectivity index (χ1v) is 3.72. The first-order chi connectivity index (χ1) is 5.58. The third-order valence-corrected chi connectivity index (χ3v) is 2.04. The van der Waals surface area contributed by atoms with Gasteiger partial charge in [-0.15, -0.1) is 0 Å². The smallest absolute Gasteiger partial charge is 0.334 e. The molecule has 1 heterocycles. The van der Waals surface area contributed by atoms with Gasteiger partial charge in [0.15, 0.2) is 0 Å². The maximum absolute atomic E-state index is 13.2. The van der Waals surface area contributed by atoms with Crippen molar-refractivity contribution in [2.45, 2.75) is 44.7 Å². The van der Waals surface area contributed by atoms with E-state index in [1.807, 2.05) is 0 Å². The molecule has 0 N–H and O–H groups in total. The molecule has 0 bridgehead atoms. The lowest BCUT2D eigenvalue weighted by Crippen LogP contribution is -2.44. The first-order valence-electron chi connectivity index (χ1n) is 3.72. The summed E-state index contributed by atoms with van der Waals surface area (Å²) in [7, 11) is 0. The van der Waals surface area contributed by atoms with Crippen LogP contribution >= 0.6 is 0 Å². The molecule has 0 saturated carbocycles. The van der Waals surface area contributed by atoms with Crippen molar-refractivity contribution >= 4 is 0 Å². The zero-order valence-corrected chi connectivity index (χ0v) is 7.41. The van der Waals surface area contributed by atoms with Crippen molar-refractivity contribution in [3.63, 3.8) is 0 Å². The van der Waals surface area contributed by atoms with Crippen LogP contribution in [0.4, 0.5) is 17.6 Å². The van der Waals surface area contributed by atoms with Gasteiger partial charge in [0.1, 0.15) is 6.10 Å². The molecule has 13 heavy (non-hydrogen) atoms. The van der Waals surface area contributed by atoms with Gasteiger partial charge in [-0.3, -0.25) is 0 Å². The van der Waals surface area contributed by atoms with Crippen LogP contribution in [0.15, 0.2) is 0 Å². The summed E-state index contributed by atoms with van der Waals surface area (Å²) >= 11 is 0. The fraction of sp³-hybridized carbons (Fsp3) is 1.00. The van der Waals surface area contributed by atoms with E-state index in [1.54, 1.807) is 0 Å². The summed E-state index contributed by atoms with van der Waals surface area (Å²) in [6.07, 6.45) is -5.97. The van der Waals surface area contributed by atoms with E-state index in [-0.39, 0.29) is 0 Å². The number of halogens is 4. The molecule has 1 saturated heterocycles. The predicted octanol–water partition coefficient (Wildman–Crippen LogP) is 2.39. The van der Waals surface area contributed by atoms with Crippen molar-refractivity contribution in [3.8, 4) is 0 Å². The fourth-order valence-corrected chi connectivity index (χ4v) is 1.06. The molecule has 6 heteroatoms. The van der Waals surface area contributed by atoms with Crippen LogP contribution in [-0.2, 0) is 9.47 Å². The molecule has 1 fully saturated rings. The zero-order chi connectivity index (χ0) is 10.5. The van der Waals surface area contributed by atoms with Crippen LogP contribution in [0, 0.1) is 0 Å². The van der Waals surface area contributed by atoms with E-state index < -0.39 is 23.9 Å². The minimum atomic E-state index is -4.73. The summed E-state index contributed by atoms with van der Waals surface area (Å²) < 4.78 is 58.5. The zero-order valence-electron chi connectivity index (χ0n) is 7.41. The van der Waals surface area contributed by atoms with E-state index in [2.05, 4.69) is 9.47 Å². The lowest BCUT2D eigenvalue weighted by molar-refractivity contribution is -0.354. The Labute approximate surface area is 72.8 Å². The standard InChI is InChI=1S/C7H10F4O2/c1-4-5(2,8)13-6(3,12-4)7(9,10)11/h4H,1-3H3. The van der Waals surface area contributed by atoms with E-state index in [0.29, 0.717) is 6.92 Å². The minimum Gasteiger partial charge on any atom is -0.334 e. The molecule has 0 aromatic rings. The van der Waals surface area contributed by atoms with Gasteiger partial charge in [-0.25, -0.2) is 4.39 Å². The maximum Gasteiger partial charge on any atom is 0.443 e. The maximum atomic E-state index is 13.2. The molecule has 1 aliphatic rings. The summed E-state index contributed by atoms with van der Waals surface area (Å²) in [5, 5.41) is 0. The Kier molecular flexibility index (Phi) is 2.12. The molecule has 2 nitrogen and oxygen atoms in total. The monoisotopic (exact) mass is 202 g/mol. The van der Waals surface area contributed by atoms with Crippen LogP contribution in [0.1, 0.15) is 20.8 Å². The van der Waals surface area contributed by atoms with Gasteiger partial charge in [-0.05, 0) is 20.8 Å². The molecule has 1 rings (SSSR count). The second-order valence-corrected chi connectivity index (χ2v) is 3.29. The first kappa shape index (κ1) is 10.7. The Hall–Kier alpha value is -0.360. The molecular formula is C7H10F4O2. The highest BCUT2D eigenvalue weighted by molar-refractivity contribution is 4.88. The Morgan fingerprint density at radius 2 is 1.69 bits per heavy atom. The molecule has 78 valence electrons. The normalized spacial score (nSPS) is 46.8. The fourth-order valence-electron chi connectivity index (χ4n) is 1.06. The largest absolute Gasteiger partial charge is 0.443 e. The van der Waals surface area contributed by atoms with Gasteiger partial charge >= 0.3 is 6.18 Å². The van der Waals surface area contributed by atoms with E-state index in [4.69, 9.17) is 0 Å². The van der Waals surface area contributed by atoms with Crippen LogP contribution in [0.3, 0.4) is 0 Å². The number of rotatable bonds is 0. The third-order valence-electron chi connectivity index (χ3n) is 2.04. The van der Waals surface area contributed by atoms with E-state index in [9.17, 15) is 17.6 Å². The van der Waals surface area contributed by atoms with Crippen molar-refractivity contribution in [2.75, 3.05) is 0 Å². The number of ether oxygens (including phenoxy) is 2. The average Bonchev–Trinajstić information content (AvgIpc) is 2.01. The molecule has 3 unspecified atom stereocenters. The van der Waals surface area contributed by atoms with Crippen molar-refractivity contribution in [2.24, 2.45) is 0 Å². The van der Waals surface area contributed by atoms with E-state index in [0.717, 1.165) is 6.92 Å². The highest BCUT2D eigenvalue weighted by atomic mass is 19.4. The van der Waals surface area contributed by atoms with Gasteiger partial charge < -0.3 is 9.47 Å². The highest BCUT2D eigenvalue weighted by Crippen LogP contribution is 2.46. The minimum absolute atomic E-state index is 0.661. The molecule has 0 aliphatic carbocycles. The van der Waals surface area contributed by atoms with Crippen molar-refractivity contribution in [3.05, 3.63) is 0 Å². The summed E-state index contributed by atoms with van der Waals surface area (Å²) in [6, 6.07) is 0. The third kappa shape index (κ3) is 1.65. The van der Waals surface area contributed by atoms with Crippen LogP contribution in [0.5, 0.6) is 0 Å². The second kappa shape index (κ2) is 2.57. The van der Waals surface area contributed by atoms with Crippen LogP contribution in [0.2, 0.25) is 0 Å². The van der Waals surface area contributed by atoms with Gasteiger partial charge in [0.05, 0.1) is 0 Å². The quantitative estimate of drug-likeness (QED) is 0.561. The van der Waals surface area contributed by atoms with Gasteiger partial charge in [0.2, 0.25) is 5.85 Å².